The Bertz CT molecular complexity index is 471. The molecule has 6 nitrogen and oxygen atoms in total. The van der Waals surface area contributed by atoms with E-state index in [1.54, 1.807) is 0 Å². The number of pyridine rings is 1. The van der Waals surface area contributed by atoms with E-state index in [-0.39, 0.29) is 11.6 Å². The average molecular weight is 233 g/mol. The van der Waals surface area contributed by atoms with Gasteiger partial charge in [0.15, 0.2) is 0 Å². The van der Waals surface area contributed by atoms with Crippen molar-refractivity contribution in [1.29, 1.82) is 0 Å². The summed E-state index contributed by atoms with van der Waals surface area (Å²) in [5, 5.41) is 13.0. The van der Waals surface area contributed by atoms with Crippen LogP contribution in [0.2, 0.25) is 0 Å². The second-order valence-corrected chi connectivity index (χ2v) is 3.19. The molecule has 1 N–H and O–H groups in total. The Labute approximate surface area is 98.2 Å². The Kier molecular flexibility index (Phi) is 4.63. The van der Waals surface area contributed by atoms with Crippen LogP contribution in [0.3, 0.4) is 0 Å². The van der Waals surface area contributed by atoms with E-state index < -0.39 is 4.92 Å². The Morgan fingerprint density at radius 1 is 1.59 bits per heavy atom. The van der Waals surface area contributed by atoms with Gasteiger partial charge in [-0.3, -0.25) is 14.9 Å². The summed E-state index contributed by atoms with van der Waals surface area (Å²) in [7, 11) is 0. The zero-order valence-electron chi connectivity index (χ0n) is 9.27. The lowest BCUT2D eigenvalue weighted by Crippen LogP contribution is -2.20. The first kappa shape index (κ1) is 12.6. The van der Waals surface area contributed by atoms with Crippen LogP contribution in [0, 0.1) is 22.0 Å². The van der Waals surface area contributed by atoms with E-state index >= 15 is 0 Å². The highest BCUT2D eigenvalue weighted by molar-refractivity contribution is 5.72. The first-order chi connectivity index (χ1) is 8.09. The van der Waals surface area contributed by atoms with Gasteiger partial charge in [-0.05, 0) is 12.0 Å². The molecule has 0 unspecified atom stereocenters. The largest absolute Gasteiger partial charge is 0.355 e. The van der Waals surface area contributed by atoms with Gasteiger partial charge < -0.3 is 5.32 Å². The number of hydrogen-bond donors (Lipinski definition) is 1. The lowest BCUT2D eigenvalue weighted by Gasteiger charge is -1.94. The predicted molar refractivity (Wildman–Crippen MR) is 61.1 cm³/mol. The molecular weight excluding hydrogens is 222 g/mol. The van der Waals surface area contributed by atoms with Crippen molar-refractivity contribution >= 4 is 11.6 Å². The van der Waals surface area contributed by atoms with E-state index in [9.17, 15) is 14.9 Å². The number of nitrogens with zero attached hydrogens (tertiary/aromatic N) is 2. The van der Waals surface area contributed by atoms with Gasteiger partial charge in [0.05, 0.1) is 4.92 Å². The summed E-state index contributed by atoms with van der Waals surface area (Å²) in [6.45, 7) is 1.92. The van der Waals surface area contributed by atoms with Crippen molar-refractivity contribution in [2.24, 2.45) is 0 Å². The van der Waals surface area contributed by atoms with Crippen molar-refractivity contribution < 1.29 is 9.72 Å². The summed E-state index contributed by atoms with van der Waals surface area (Å²) in [6.07, 6.45) is 1.68. The van der Waals surface area contributed by atoms with Gasteiger partial charge in [-0.15, -0.1) is 0 Å². The molecule has 88 valence electrons. The van der Waals surface area contributed by atoms with Crippen molar-refractivity contribution in [3.63, 3.8) is 0 Å². The Morgan fingerprint density at radius 2 is 2.35 bits per heavy atom. The maximum Gasteiger partial charge on any atom is 0.287 e. The van der Waals surface area contributed by atoms with E-state index in [1.165, 1.54) is 19.1 Å². The van der Waals surface area contributed by atoms with Crippen LogP contribution in [-0.4, -0.2) is 22.4 Å². The molecule has 0 aromatic carbocycles. The summed E-state index contributed by atoms with van der Waals surface area (Å²) in [5.41, 5.74) is 0.409. The van der Waals surface area contributed by atoms with Gasteiger partial charge in [0.25, 0.3) is 5.69 Å². The number of nitrogens with one attached hydrogen (secondary N) is 1. The van der Waals surface area contributed by atoms with Crippen LogP contribution in [0.5, 0.6) is 0 Å². The number of carbonyl (C=O) groups excluding carboxylic acids is 1. The number of nitro groups is 1. The zero-order valence-corrected chi connectivity index (χ0v) is 9.27. The normalized spacial score (nSPS) is 9.00. The van der Waals surface area contributed by atoms with Crippen LogP contribution < -0.4 is 5.32 Å². The molecule has 0 radical (unpaired) electrons. The highest BCUT2D eigenvalue weighted by Crippen LogP contribution is 2.07. The molecule has 0 aliphatic heterocycles. The van der Waals surface area contributed by atoms with Gasteiger partial charge in [-0.2, -0.15) is 0 Å². The molecule has 1 heterocycles. The number of hydrogen-bond acceptors (Lipinski definition) is 4. The fourth-order valence-corrected chi connectivity index (χ4v) is 1.02. The molecule has 0 spiro atoms. The monoisotopic (exact) mass is 233 g/mol. The topological polar surface area (TPSA) is 85.1 Å². The number of amides is 1. The number of aromatic nitrogens is 1. The van der Waals surface area contributed by atoms with Crippen LogP contribution in [0.25, 0.3) is 0 Å². The van der Waals surface area contributed by atoms with Gasteiger partial charge >= 0.3 is 0 Å². The van der Waals surface area contributed by atoms with E-state index in [1.807, 2.05) is 0 Å². The van der Waals surface area contributed by atoms with Crippen LogP contribution in [0.15, 0.2) is 18.3 Å². The van der Waals surface area contributed by atoms with Crippen LogP contribution in [0.1, 0.15) is 19.0 Å². The minimum Gasteiger partial charge on any atom is -0.355 e. The standard InChI is InChI=1S/C11H11N3O3/c1-9(15)12-7-3-2-4-10-5-6-11(8-13-10)14(16)17/h5-6,8H,3,7H2,1H3,(H,12,15). The number of carbonyl (C=O) groups is 1. The summed E-state index contributed by atoms with van der Waals surface area (Å²) in [6, 6.07) is 2.84. The minimum absolute atomic E-state index is 0.0613. The molecule has 0 aliphatic rings. The first-order valence-corrected chi connectivity index (χ1v) is 4.93. The lowest BCUT2D eigenvalue weighted by molar-refractivity contribution is -0.385. The second kappa shape index (κ2) is 6.23. The van der Waals surface area contributed by atoms with E-state index in [2.05, 4.69) is 22.1 Å². The maximum atomic E-state index is 10.5. The molecule has 0 aliphatic carbocycles. The van der Waals surface area contributed by atoms with Gasteiger partial charge in [-0.1, -0.05) is 5.92 Å². The van der Waals surface area contributed by atoms with Crippen molar-refractivity contribution in [2.45, 2.75) is 13.3 Å². The van der Waals surface area contributed by atoms with E-state index in [0.717, 1.165) is 6.20 Å². The second-order valence-electron chi connectivity index (χ2n) is 3.19. The summed E-state index contributed by atoms with van der Waals surface area (Å²) < 4.78 is 0. The molecule has 6 heteroatoms. The molecule has 0 bridgehead atoms. The summed E-state index contributed by atoms with van der Waals surface area (Å²) >= 11 is 0. The molecule has 0 atom stereocenters. The number of rotatable bonds is 3. The first-order valence-electron chi connectivity index (χ1n) is 4.93. The molecular formula is C11H11N3O3. The minimum atomic E-state index is -0.513. The molecule has 0 saturated heterocycles. The highest BCUT2D eigenvalue weighted by atomic mass is 16.6. The molecule has 1 amide bonds. The molecule has 1 aromatic heterocycles. The fourth-order valence-electron chi connectivity index (χ4n) is 1.02. The predicted octanol–water partition coefficient (Wildman–Crippen LogP) is 0.867. The molecule has 0 saturated carbocycles. The fraction of sp³-hybridized carbons (Fsp3) is 0.273. The van der Waals surface area contributed by atoms with Gasteiger partial charge in [0.1, 0.15) is 11.9 Å². The van der Waals surface area contributed by atoms with Gasteiger partial charge in [0.2, 0.25) is 5.91 Å². The highest BCUT2D eigenvalue weighted by Gasteiger charge is 2.03. The zero-order chi connectivity index (χ0) is 12.7. The SMILES string of the molecule is CC(=O)NCCC#Cc1ccc([N+](=O)[O-])cn1. The van der Waals surface area contributed by atoms with E-state index in [0.29, 0.717) is 18.7 Å². The smallest absolute Gasteiger partial charge is 0.287 e. The maximum absolute atomic E-state index is 10.5. The quantitative estimate of drug-likeness (QED) is 0.363. The third-order valence-electron chi connectivity index (χ3n) is 1.80. The third-order valence-corrected chi connectivity index (χ3v) is 1.80. The van der Waals surface area contributed by atoms with Crippen molar-refractivity contribution in [2.75, 3.05) is 6.54 Å². The van der Waals surface area contributed by atoms with Crippen LogP contribution in [-0.2, 0) is 4.79 Å². The molecule has 1 aromatic rings. The Hall–Kier alpha value is -2.42. The van der Waals surface area contributed by atoms with Crippen LogP contribution in [0.4, 0.5) is 5.69 Å². The summed E-state index contributed by atoms with van der Waals surface area (Å²) in [4.78, 5) is 24.2. The van der Waals surface area contributed by atoms with Gasteiger partial charge in [0, 0.05) is 26.0 Å². The van der Waals surface area contributed by atoms with Crippen molar-refractivity contribution in [3.8, 4) is 11.8 Å². The van der Waals surface area contributed by atoms with E-state index in [4.69, 9.17) is 0 Å². The average Bonchev–Trinajstić information content (AvgIpc) is 2.29. The molecule has 0 fully saturated rings. The molecule has 1 rings (SSSR count). The lowest BCUT2D eigenvalue weighted by atomic mass is 10.3. The van der Waals surface area contributed by atoms with Crippen LogP contribution >= 0.6 is 0 Å². The Balaban J connectivity index is 2.49. The third kappa shape index (κ3) is 4.75. The van der Waals surface area contributed by atoms with Crippen molar-refractivity contribution in [3.05, 3.63) is 34.1 Å². The van der Waals surface area contributed by atoms with Crippen molar-refractivity contribution in [1.82, 2.24) is 10.3 Å². The summed E-state index contributed by atoms with van der Waals surface area (Å²) in [5.74, 6) is 5.46. The van der Waals surface area contributed by atoms with Gasteiger partial charge in [-0.25, -0.2) is 4.98 Å². The Morgan fingerprint density at radius 3 is 2.88 bits per heavy atom. The molecule has 17 heavy (non-hydrogen) atoms.